The second-order valence-corrected chi connectivity index (χ2v) is 7.31. The van der Waals surface area contributed by atoms with Crippen LogP contribution in [-0.4, -0.2) is 45.4 Å². The quantitative estimate of drug-likeness (QED) is 0.761. The molecule has 0 unspecified atom stereocenters. The van der Waals surface area contributed by atoms with Crippen LogP contribution >= 0.6 is 0 Å². The Bertz CT molecular complexity index is 335. The van der Waals surface area contributed by atoms with Crippen LogP contribution in [0.3, 0.4) is 0 Å². The summed E-state index contributed by atoms with van der Waals surface area (Å²) in [5.74, 6) is 0. The zero-order valence-electron chi connectivity index (χ0n) is 11.3. The van der Waals surface area contributed by atoms with Crippen molar-refractivity contribution in [3.63, 3.8) is 0 Å². The van der Waals surface area contributed by atoms with Crippen LogP contribution in [0.15, 0.2) is 0 Å². The van der Waals surface area contributed by atoms with Crippen LogP contribution in [0.25, 0.3) is 0 Å². The van der Waals surface area contributed by atoms with Gasteiger partial charge >= 0.3 is 0 Å². The summed E-state index contributed by atoms with van der Waals surface area (Å²) in [6.45, 7) is 8.34. The first kappa shape index (κ1) is 14.9. The van der Waals surface area contributed by atoms with Crippen LogP contribution in [0, 0.1) is 5.41 Å². The van der Waals surface area contributed by atoms with Gasteiger partial charge in [-0.05, 0) is 45.2 Å². The highest BCUT2D eigenvalue weighted by Crippen LogP contribution is 2.27. The Morgan fingerprint density at radius 2 is 1.88 bits per heavy atom. The van der Waals surface area contributed by atoms with Crippen molar-refractivity contribution in [2.75, 3.05) is 26.7 Å². The lowest BCUT2D eigenvalue weighted by Crippen LogP contribution is -2.47. The normalized spacial score (nSPS) is 21.1. The molecule has 2 N–H and O–H groups in total. The van der Waals surface area contributed by atoms with Crippen LogP contribution in [0.4, 0.5) is 0 Å². The van der Waals surface area contributed by atoms with Gasteiger partial charge in [-0.15, -0.1) is 0 Å². The summed E-state index contributed by atoms with van der Waals surface area (Å²) in [7, 11) is -1.73. The Morgan fingerprint density at radius 3 is 2.35 bits per heavy atom. The second kappa shape index (κ2) is 5.65. The molecule has 0 aromatic carbocycles. The van der Waals surface area contributed by atoms with Gasteiger partial charge in [0, 0.05) is 19.6 Å². The molecule has 0 saturated carbocycles. The van der Waals surface area contributed by atoms with E-state index in [-0.39, 0.29) is 11.5 Å². The maximum atomic E-state index is 12.0. The van der Waals surface area contributed by atoms with Crippen LogP contribution in [0.1, 0.15) is 33.6 Å². The minimum atomic E-state index is -3.33. The maximum absolute atomic E-state index is 12.0. The van der Waals surface area contributed by atoms with Crippen molar-refractivity contribution in [3.05, 3.63) is 0 Å². The van der Waals surface area contributed by atoms with E-state index in [9.17, 15) is 8.42 Å². The molecule has 5 nitrogen and oxygen atoms in total. The molecule has 102 valence electrons. The van der Waals surface area contributed by atoms with Crippen LogP contribution < -0.4 is 10.0 Å². The van der Waals surface area contributed by atoms with Gasteiger partial charge < -0.3 is 5.32 Å². The third-order valence-corrected chi connectivity index (χ3v) is 5.29. The van der Waals surface area contributed by atoms with Gasteiger partial charge in [0.2, 0.25) is 0 Å². The Morgan fingerprint density at radius 1 is 1.35 bits per heavy atom. The van der Waals surface area contributed by atoms with Gasteiger partial charge in [0.05, 0.1) is 0 Å². The summed E-state index contributed by atoms with van der Waals surface area (Å²) in [5.41, 5.74) is 0.0795. The van der Waals surface area contributed by atoms with E-state index in [1.54, 1.807) is 7.05 Å². The highest BCUT2D eigenvalue weighted by Gasteiger charge is 2.29. The first-order chi connectivity index (χ1) is 7.77. The van der Waals surface area contributed by atoms with E-state index in [1.165, 1.54) is 4.31 Å². The number of piperidine rings is 1. The molecular formula is C11H25N3O2S. The van der Waals surface area contributed by atoms with E-state index >= 15 is 0 Å². The Labute approximate surface area is 105 Å². The lowest BCUT2D eigenvalue weighted by atomic mass is 9.81. The Kier molecular flexibility index (Phi) is 4.95. The van der Waals surface area contributed by atoms with Crippen molar-refractivity contribution in [1.82, 2.24) is 14.3 Å². The van der Waals surface area contributed by atoms with Crippen molar-refractivity contribution in [2.24, 2.45) is 5.41 Å². The molecule has 6 heteroatoms. The van der Waals surface area contributed by atoms with Gasteiger partial charge in [0.25, 0.3) is 10.2 Å². The molecule has 0 aromatic heterocycles. The van der Waals surface area contributed by atoms with E-state index in [0.717, 1.165) is 25.9 Å². The minimum Gasteiger partial charge on any atom is -0.317 e. The number of nitrogens with one attached hydrogen (secondary N) is 2. The Hall–Kier alpha value is -0.170. The molecule has 1 rings (SSSR count). The van der Waals surface area contributed by atoms with Gasteiger partial charge in [-0.25, -0.2) is 4.72 Å². The number of nitrogens with zero attached hydrogens (tertiary/aromatic N) is 1. The summed E-state index contributed by atoms with van der Waals surface area (Å²) >= 11 is 0. The first-order valence-electron chi connectivity index (χ1n) is 6.20. The van der Waals surface area contributed by atoms with E-state index in [0.29, 0.717) is 6.54 Å². The second-order valence-electron chi connectivity index (χ2n) is 5.50. The Balaban J connectivity index is 2.54. The van der Waals surface area contributed by atoms with Crippen LogP contribution in [0.5, 0.6) is 0 Å². The molecule has 17 heavy (non-hydrogen) atoms. The highest BCUT2D eigenvalue weighted by molar-refractivity contribution is 7.87. The van der Waals surface area contributed by atoms with Crippen LogP contribution in [0.2, 0.25) is 0 Å². The van der Waals surface area contributed by atoms with Gasteiger partial charge in [0.1, 0.15) is 0 Å². The van der Waals surface area contributed by atoms with Crippen molar-refractivity contribution in [3.8, 4) is 0 Å². The molecule has 1 fully saturated rings. The summed E-state index contributed by atoms with van der Waals surface area (Å²) < 4.78 is 28.0. The largest absolute Gasteiger partial charge is 0.317 e. The maximum Gasteiger partial charge on any atom is 0.279 e. The fourth-order valence-electron chi connectivity index (χ4n) is 1.85. The SMILES string of the molecule is CC(C)N(C)S(=O)(=O)NCC1(C)CCNCC1. The van der Waals surface area contributed by atoms with Crippen molar-refractivity contribution < 1.29 is 8.42 Å². The molecule has 1 heterocycles. The molecule has 0 radical (unpaired) electrons. The third-order valence-electron chi connectivity index (χ3n) is 3.60. The van der Waals surface area contributed by atoms with Crippen molar-refractivity contribution in [2.45, 2.75) is 39.7 Å². The zero-order chi connectivity index (χ0) is 13.1. The molecule has 0 aromatic rings. The average molecular weight is 263 g/mol. The molecular weight excluding hydrogens is 238 g/mol. The monoisotopic (exact) mass is 263 g/mol. The summed E-state index contributed by atoms with van der Waals surface area (Å²) in [5, 5.41) is 3.29. The van der Waals surface area contributed by atoms with Gasteiger partial charge in [-0.3, -0.25) is 0 Å². The summed E-state index contributed by atoms with van der Waals surface area (Å²) in [6.07, 6.45) is 2.03. The molecule has 0 aliphatic carbocycles. The smallest absolute Gasteiger partial charge is 0.279 e. The fourth-order valence-corrected chi connectivity index (χ4v) is 3.14. The summed E-state index contributed by atoms with van der Waals surface area (Å²) in [6, 6.07) is -0.0201. The predicted octanol–water partition coefficient (Wildman–Crippen LogP) is 0.551. The fraction of sp³-hybridized carbons (Fsp3) is 1.00. The van der Waals surface area contributed by atoms with Crippen molar-refractivity contribution in [1.29, 1.82) is 0 Å². The first-order valence-corrected chi connectivity index (χ1v) is 7.64. The topological polar surface area (TPSA) is 61.4 Å². The number of hydrogen-bond acceptors (Lipinski definition) is 3. The van der Waals surface area contributed by atoms with Gasteiger partial charge in [-0.1, -0.05) is 6.92 Å². The van der Waals surface area contributed by atoms with Crippen LogP contribution in [-0.2, 0) is 10.2 Å². The van der Waals surface area contributed by atoms with Crippen molar-refractivity contribution >= 4 is 10.2 Å². The average Bonchev–Trinajstić information content (AvgIpc) is 2.27. The molecule has 0 atom stereocenters. The van der Waals surface area contributed by atoms with E-state index in [1.807, 2.05) is 13.8 Å². The van der Waals surface area contributed by atoms with E-state index in [4.69, 9.17) is 0 Å². The van der Waals surface area contributed by atoms with Gasteiger partial charge in [-0.2, -0.15) is 12.7 Å². The molecule has 1 aliphatic rings. The number of rotatable bonds is 5. The standard InChI is InChI=1S/C11H25N3O2S/c1-10(2)14(4)17(15,16)13-9-11(3)5-7-12-8-6-11/h10,12-13H,5-9H2,1-4H3. The predicted molar refractivity (Wildman–Crippen MR) is 70.0 cm³/mol. The highest BCUT2D eigenvalue weighted by atomic mass is 32.2. The lowest BCUT2D eigenvalue weighted by molar-refractivity contribution is 0.230. The molecule has 1 saturated heterocycles. The lowest BCUT2D eigenvalue weighted by Gasteiger charge is -2.34. The molecule has 1 aliphatic heterocycles. The third kappa shape index (κ3) is 4.21. The van der Waals surface area contributed by atoms with E-state index < -0.39 is 10.2 Å². The summed E-state index contributed by atoms with van der Waals surface area (Å²) in [4.78, 5) is 0. The molecule has 0 amide bonds. The van der Waals surface area contributed by atoms with Gasteiger partial charge in [0.15, 0.2) is 0 Å². The number of hydrogen-bond donors (Lipinski definition) is 2. The minimum absolute atomic E-state index is 0.0201. The van der Waals surface area contributed by atoms with E-state index in [2.05, 4.69) is 17.0 Å². The zero-order valence-corrected chi connectivity index (χ0v) is 12.1. The molecule has 0 bridgehead atoms. The molecule has 0 spiro atoms.